The highest BCUT2D eigenvalue weighted by atomic mass is 19.1. The second kappa shape index (κ2) is 9.20. The van der Waals surface area contributed by atoms with Gasteiger partial charge in [-0.25, -0.2) is 4.39 Å². The summed E-state index contributed by atoms with van der Waals surface area (Å²) in [4.78, 5) is 25.2. The molecule has 2 N–H and O–H groups in total. The largest absolute Gasteiger partial charge is 0.496 e. The third-order valence-corrected chi connectivity index (χ3v) is 5.81. The summed E-state index contributed by atoms with van der Waals surface area (Å²) in [5.41, 5.74) is 1.21. The summed E-state index contributed by atoms with van der Waals surface area (Å²) >= 11 is 0. The Balaban J connectivity index is 1.37. The minimum atomic E-state index is -0.339. The summed E-state index contributed by atoms with van der Waals surface area (Å²) in [6.07, 6.45) is 3.27. The first-order valence-corrected chi connectivity index (χ1v) is 10.4. The average molecular weight is 424 g/mol. The number of carbonyl (C=O) groups excluding carboxylic acids is 2. The maximum Gasteiger partial charge on any atom is 0.286 e. The molecule has 4 rings (SSSR count). The van der Waals surface area contributed by atoms with E-state index in [1.54, 1.807) is 31.4 Å². The van der Waals surface area contributed by atoms with Gasteiger partial charge >= 0.3 is 0 Å². The molecule has 0 aromatic heterocycles. The first-order chi connectivity index (χ1) is 15.0. The van der Waals surface area contributed by atoms with Crippen LogP contribution in [0.1, 0.15) is 30.4 Å². The highest BCUT2D eigenvalue weighted by molar-refractivity contribution is 5.97. The van der Waals surface area contributed by atoms with Crippen molar-refractivity contribution in [3.05, 3.63) is 71.2 Å². The Kier molecular flexibility index (Phi) is 6.21. The van der Waals surface area contributed by atoms with Crippen LogP contribution in [0, 0.1) is 11.7 Å². The zero-order valence-corrected chi connectivity index (χ0v) is 17.3. The third kappa shape index (κ3) is 4.71. The van der Waals surface area contributed by atoms with E-state index in [9.17, 15) is 14.0 Å². The SMILES string of the molecule is COc1ccccc1/C=C1\OC2CCC(C(=O)NCc3ccccc3F)CC2NC1=O. The fraction of sp³-hybridized carbons (Fsp3) is 0.333. The van der Waals surface area contributed by atoms with Crippen LogP contribution in [0.5, 0.6) is 5.75 Å². The molecule has 31 heavy (non-hydrogen) atoms. The number of methoxy groups -OCH3 is 1. The Bertz CT molecular complexity index is 1010. The highest BCUT2D eigenvalue weighted by Crippen LogP contribution is 2.32. The van der Waals surface area contributed by atoms with Gasteiger partial charge in [0.1, 0.15) is 17.7 Å². The van der Waals surface area contributed by atoms with E-state index in [0.717, 1.165) is 5.56 Å². The third-order valence-electron chi connectivity index (χ3n) is 5.81. The van der Waals surface area contributed by atoms with Crippen molar-refractivity contribution in [1.29, 1.82) is 0 Å². The maximum absolute atomic E-state index is 13.8. The van der Waals surface area contributed by atoms with Crippen LogP contribution < -0.4 is 15.4 Å². The molecule has 1 aliphatic heterocycles. The van der Waals surface area contributed by atoms with Gasteiger partial charge in [-0.05, 0) is 37.5 Å². The molecule has 1 aliphatic carbocycles. The molecule has 1 heterocycles. The van der Waals surface area contributed by atoms with Crippen LogP contribution in [0.3, 0.4) is 0 Å². The molecular weight excluding hydrogens is 399 g/mol. The molecular formula is C24H25FN2O4. The standard InChI is InChI=1S/C24H25FN2O4/c1-30-20-9-5-3-6-15(20)13-22-24(29)27-19-12-16(10-11-21(19)31-22)23(28)26-14-17-7-2-4-8-18(17)25/h2-9,13,16,19,21H,10-12,14H2,1H3,(H,26,28)(H,27,29)/b22-13-. The van der Waals surface area contributed by atoms with Gasteiger partial charge in [-0.15, -0.1) is 0 Å². The van der Waals surface area contributed by atoms with Gasteiger partial charge in [0, 0.05) is 23.6 Å². The van der Waals surface area contributed by atoms with Crippen molar-refractivity contribution >= 4 is 17.9 Å². The number of hydrogen-bond donors (Lipinski definition) is 2. The Morgan fingerprint density at radius 3 is 2.81 bits per heavy atom. The number of benzene rings is 2. The number of nitrogens with one attached hydrogen (secondary N) is 2. The lowest BCUT2D eigenvalue weighted by Gasteiger charge is -2.39. The first-order valence-electron chi connectivity index (χ1n) is 10.4. The molecule has 0 bridgehead atoms. The normalized spacial score (nSPS) is 24.0. The lowest BCUT2D eigenvalue weighted by atomic mass is 9.82. The Labute approximate surface area is 180 Å². The summed E-state index contributed by atoms with van der Waals surface area (Å²) in [7, 11) is 1.58. The predicted molar refractivity (Wildman–Crippen MR) is 113 cm³/mol. The van der Waals surface area contributed by atoms with Gasteiger partial charge in [0.05, 0.1) is 13.2 Å². The molecule has 2 aromatic carbocycles. The number of fused-ring (bicyclic) bond motifs is 1. The fourth-order valence-electron chi connectivity index (χ4n) is 4.12. The van der Waals surface area contributed by atoms with Crippen LogP contribution in [0.2, 0.25) is 0 Å². The van der Waals surface area contributed by atoms with E-state index >= 15 is 0 Å². The molecule has 2 aliphatic rings. The fourth-order valence-corrected chi connectivity index (χ4v) is 4.12. The number of ether oxygens (including phenoxy) is 2. The van der Waals surface area contributed by atoms with E-state index in [1.165, 1.54) is 6.07 Å². The number of para-hydroxylation sites is 1. The number of halogens is 1. The molecule has 3 unspecified atom stereocenters. The van der Waals surface area contributed by atoms with Gasteiger partial charge < -0.3 is 20.1 Å². The minimum Gasteiger partial charge on any atom is -0.496 e. The molecule has 3 atom stereocenters. The van der Waals surface area contributed by atoms with Crippen LogP contribution in [-0.2, 0) is 20.9 Å². The van der Waals surface area contributed by atoms with Crippen molar-refractivity contribution < 1.29 is 23.5 Å². The molecule has 1 saturated carbocycles. The number of amides is 2. The molecule has 7 heteroatoms. The van der Waals surface area contributed by atoms with Crippen molar-refractivity contribution in [2.24, 2.45) is 5.92 Å². The number of rotatable bonds is 5. The summed E-state index contributed by atoms with van der Waals surface area (Å²) in [6, 6.07) is 13.5. The molecule has 0 radical (unpaired) electrons. The predicted octanol–water partition coefficient (Wildman–Crippen LogP) is 3.18. The monoisotopic (exact) mass is 424 g/mol. The molecule has 0 spiro atoms. The molecule has 2 fully saturated rings. The van der Waals surface area contributed by atoms with E-state index in [-0.39, 0.29) is 48.0 Å². The summed E-state index contributed by atoms with van der Waals surface area (Å²) in [5.74, 6) is -0.131. The summed E-state index contributed by atoms with van der Waals surface area (Å²) in [6.45, 7) is 0.144. The molecule has 6 nitrogen and oxygen atoms in total. The van der Waals surface area contributed by atoms with E-state index in [1.807, 2.05) is 24.3 Å². The van der Waals surface area contributed by atoms with Crippen molar-refractivity contribution in [2.75, 3.05) is 7.11 Å². The Morgan fingerprint density at radius 2 is 2.00 bits per heavy atom. The van der Waals surface area contributed by atoms with Gasteiger partial charge in [0.15, 0.2) is 5.76 Å². The van der Waals surface area contributed by atoms with Crippen molar-refractivity contribution in [2.45, 2.75) is 38.0 Å². The number of carbonyl (C=O) groups is 2. The zero-order chi connectivity index (χ0) is 21.8. The lowest BCUT2D eigenvalue weighted by Crippen LogP contribution is -2.54. The Hall–Kier alpha value is -3.35. The lowest BCUT2D eigenvalue weighted by molar-refractivity contribution is -0.135. The van der Waals surface area contributed by atoms with Crippen LogP contribution in [0.4, 0.5) is 4.39 Å². The molecule has 2 amide bonds. The number of hydrogen-bond acceptors (Lipinski definition) is 4. The summed E-state index contributed by atoms with van der Waals surface area (Å²) in [5, 5.41) is 5.79. The topological polar surface area (TPSA) is 76.7 Å². The van der Waals surface area contributed by atoms with Gasteiger partial charge in [-0.3, -0.25) is 9.59 Å². The van der Waals surface area contributed by atoms with Gasteiger partial charge in [-0.2, -0.15) is 0 Å². The second-order valence-electron chi connectivity index (χ2n) is 7.81. The van der Waals surface area contributed by atoms with Crippen molar-refractivity contribution in [3.63, 3.8) is 0 Å². The summed E-state index contributed by atoms with van der Waals surface area (Å²) < 4.78 is 25.1. The van der Waals surface area contributed by atoms with E-state index < -0.39 is 0 Å². The zero-order valence-electron chi connectivity index (χ0n) is 17.3. The second-order valence-corrected chi connectivity index (χ2v) is 7.81. The molecule has 2 aromatic rings. The number of morpholine rings is 1. The molecule has 162 valence electrons. The highest BCUT2D eigenvalue weighted by Gasteiger charge is 2.40. The smallest absolute Gasteiger partial charge is 0.286 e. The average Bonchev–Trinajstić information content (AvgIpc) is 2.79. The van der Waals surface area contributed by atoms with Crippen LogP contribution in [0.15, 0.2) is 54.3 Å². The van der Waals surface area contributed by atoms with Gasteiger partial charge in [-0.1, -0.05) is 36.4 Å². The van der Waals surface area contributed by atoms with Crippen molar-refractivity contribution in [1.82, 2.24) is 10.6 Å². The van der Waals surface area contributed by atoms with E-state index in [4.69, 9.17) is 9.47 Å². The van der Waals surface area contributed by atoms with E-state index in [0.29, 0.717) is 30.6 Å². The van der Waals surface area contributed by atoms with Crippen molar-refractivity contribution in [3.8, 4) is 5.75 Å². The van der Waals surface area contributed by atoms with Crippen LogP contribution in [0.25, 0.3) is 6.08 Å². The van der Waals surface area contributed by atoms with Crippen LogP contribution in [-0.4, -0.2) is 31.1 Å². The first kappa shape index (κ1) is 20.9. The van der Waals surface area contributed by atoms with Gasteiger partial charge in [0.25, 0.3) is 5.91 Å². The quantitative estimate of drug-likeness (QED) is 0.723. The van der Waals surface area contributed by atoms with Crippen LogP contribution >= 0.6 is 0 Å². The molecule has 1 saturated heterocycles. The Morgan fingerprint density at radius 1 is 1.23 bits per heavy atom. The maximum atomic E-state index is 13.8. The van der Waals surface area contributed by atoms with Gasteiger partial charge in [0.2, 0.25) is 5.91 Å². The minimum absolute atomic E-state index is 0.133. The van der Waals surface area contributed by atoms with E-state index in [2.05, 4.69) is 10.6 Å².